The number of aryl methyl sites for hydroxylation is 1. The van der Waals surface area contributed by atoms with E-state index in [1.165, 1.54) is 42.0 Å². The van der Waals surface area contributed by atoms with E-state index in [4.69, 9.17) is 21.1 Å². The van der Waals surface area contributed by atoms with Gasteiger partial charge in [0.05, 0.1) is 13.2 Å². The van der Waals surface area contributed by atoms with Gasteiger partial charge in [-0.2, -0.15) is 0 Å². The third-order valence-electron chi connectivity index (χ3n) is 4.76. The van der Waals surface area contributed by atoms with Gasteiger partial charge in [-0.1, -0.05) is 44.7 Å². The van der Waals surface area contributed by atoms with E-state index in [0.29, 0.717) is 0 Å². The highest BCUT2D eigenvalue weighted by atomic mass is 35.5. The number of hydrogen-bond acceptors (Lipinski definition) is 2. The lowest BCUT2D eigenvalue weighted by Crippen LogP contribution is -2.00. The highest BCUT2D eigenvalue weighted by Gasteiger charge is 2.06. The van der Waals surface area contributed by atoms with Crippen LogP contribution in [-0.4, -0.2) is 19.1 Å². The minimum atomic E-state index is 0.734. The average Bonchev–Trinajstić information content (AvgIpc) is 2.66. The molecule has 3 heteroatoms. The van der Waals surface area contributed by atoms with Crippen LogP contribution in [0.15, 0.2) is 30.3 Å². The summed E-state index contributed by atoms with van der Waals surface area (Å²) in [6, 6.07) is 10.6. The van der Waals surface area contributed by atoms with Gasteiger partial charge in [-0.3, -0.25) is 0 Å². The highest BCUT2D eigenvalue weighted by molar-refractivity contribution is 6.17. The van der Waals surface area contributed by atoms with E-state index in [9.17, 15) is 0 Å². The molecule has 0 aromatic heterocycles. The van der Waals surface area contributed by atoms with E-state index in [-0.39, 0.29) is 0 Å². The van der Waals surface area contributed by atoms with Crippen LogP contribution >= 0.6 is 11.6 Å². The summed E-state index contributed by atoms with van der Waals surface area (Å²) in [5.74, 6) is 2.67. The van der Waals surface area contributed by atoms with Crippen LogP contribution < -0.4 is 9.47 Å². The predicted octanol–water partition coefficient (Wildman–Crippen LogP) is 7.29. The summed E-state index contributed by atoms with van der Waals surface area (Å²) in [5.41, 5.74) is 1.20. The predicted molar refractivity (Wildman–Crippen MR) is 113 cm³/mol. The fourth-order valence-corrected chi connectivity index (χ4v) is 3.33. The number of rotatable bonds is 13. The van der Waals surface area contributed by atoms with Gasteiger partial charge >= 0.3 is 0 Å². The summed E-state index contributed by atoms with van der Waals surface area (Å²) >= 11 is 5.71. The van der Waals surface area contributed by atoms with Crippen LogP contribution in [0.25, 0.3) is 10.8 Å². The zero-order chi connectivity index (χ0) is 18.6. The lowest BCUT2D eigenvalue weighted by Gasteiger charge is -2.13. The lowest BCUT2D eigenvalue weighted by molar-refractivity contribution is 0.304. The molecule has 2 aromatic carbocycles. The molecule has 0 heterocycles. The first-order chi connectivity index (χ1) is 12.8. The van der Waals surface area contributed by atoms with Gasteiger partial charge in [0.25, 0.3) is 0 Å². The number of halogens is 1. The van der Waals surface area contributed by atoms with E-state index < -0.39 is 0 Å². The van der Waals surface area contributed by atoms with Crippen molar-refractivity contribution in [2.75, 3.05) is 19.1 Å². The molecule has 0 unspecified atom stereocenters. The molecule has 26 heavy (non-hydrogen) atoms. The fraction of sp³-hybridized carbons (Fsp3) is 0.565. The number of hydrogen-bond donors (Lipinski definition) is 0. The number of ether oxygens (including phenoxy) is 2. The molecular formula is C23H33ClO2. The highest BCUT2D eigenvalue weighted by Crippen LogP contribution is 2.30. The first-order valence-electron chi connectivity index (χ1n) is 10.1. The number of fused-ring (bicyclic) bond motifs is 1. The largest absolute Gasteiger partial charge is 0.494 e. The van der Waals surface area contributed by atoms with E-state index in [1.807, 2.05) is 0 Å². The zero-order valence-corrected chi connectivity index (χ0v) is 17.1. The molecule has 0 bridgehead atoms. The second-order valence-electron chi connectivity index (χ2n) is 6.93. The Balaban J connectivity index is 1.88. The molecule has 0 aliphatic rings. The third kappa shape index (κ3) is 6.72. The molecule has 0 saturated carbocycles. The summed E-state index contributed by atoms with van der Waals surface area (Å²) in [6.45, 7) is 5.93. The molecule has 144 valence electrons. The quantitative estimate of drug-likeness (QED) is 0.270. The Hall–Kier alpha value is -1.41. The summed E-state index contributed by atoms with van der Waals surface area (Å²) in [6.07, 6.45) is 9.54. The molecule has 0 aliphatic heterocycles. The third-order valence-corrected chi connectivity index (χ3v) is 5.03. The zero-order valence-electron chi connectivity index (χ0n) is 16.4. The van der Waals surface area contributed by atoms with E-state index in [2.05, 4.69) is 44.2 Å². The van der Waals surface area contributed by atoms with Gasteiger partial charge in [-0.05, 0) is 67.1 Å². The van der Waals surface area contributed by atoms with Crippen molar-refractivity contribution < 1.29 is 9.47 Å². The van der Waals surface area contributed by atoms with Crippen LogP contribution in [0.4, 0.5) is 0 Å². The minimum absolute atomic E-state index is 0.734. The van der Waals surface area contributed by atoms with Gasteiger partial charge in [0.15, 0.2) is 0 Å². The van der Waals surface area contributed by atoms with E-state index >= 15 is 0 Å². The molecule has 0 atom stereocenters. The Labute approximate surface area is 163 Å². The molecule has 0 amide bonds. The first kappa shape index (κ1) is 20.9. The fourth-order valence-electron chi connectivity index (χ4n) is 3.14. The Morgan fingerprint density at radius 1 is 0.808 bits per heavy atom. The molecule has 0 radical (unpaired) electrons. The van der Waals surface area contributed by atoms with Crippen molar-refractivity contribution in [1.29, 1.82) is 0 Å². The van der Waals surface area contributed by atoms with Crippen molar-refractivity contribution in [1.82, 2.24) is 0 Å². The SMILES string of the molecule is CCCCCCCOc1ccc2c(C)c(OCCCCCCl)ccc2c1. The maximum atomic E-state index is 5.96. The Morgan fingerprint density at radius 2 is 1.54 bits per heavy atom. The number of alkyl halides is 1. The van der Waals surface area contributed by atoms with Crippen LogP contribution in [0, 0.1) is 6.92 Å². The van der Waals surface area contributed by atoms with Gasteiger partial charge in [0.2, 0.25) is 0 Å². The summed E-state index contributed by atoms with van der Waals surface area (Å²) in [5, 5.41) is 2.44. The van der Waals surface area contributed by atoms with E-state index in [0.717, 1.165) is 56.3 Å². The Bertz CT molecular complexity index is 654. The number of benzene rings is 2. The van der Waals surface area contributed by atoms with Crippen molar-refractivity contribution in [2.24, 2.45) is 0 Å². The van der Waals surface area contributed by atoms with Crippen LogP contribution in [-0.2, 0) is 0 Å². The van der Waals surface area contributed by atoms with Gasteiger partial charge in [-0.15, -0.1) is 11.6 Å². The van der Waals surface area contributed by atoms with Crippen molar-refractivity contribution in [3.63, 3.8) is 0 Å². The maximum absolute atomic E-state index is 5.96. The molecule has 0 fully saturated rings. The monoisotopic (exact) mass is 376 g/mol. The smallest absolute Gasteiger partial charge is 0.122 e. The lowest BCUT2D eigenvalue weighted by atomic mass is 10.0. The Kier molecular flexibility index (Phi) is 9.70. The Morgan fingerprint density at radius 3 is 2.31 bits per heavy atom. The van der Waals surface area contributed by atoms with Crippen molar-refractivity contribution in [3.8, 4) is 11.5 Å². The number of unbranched alkanes of at least 4 members (excludes halogenated alkanes) is 6. The van der Waals surface area contributed by atoms with Crippen molar-refractivity contribution >= 4 is 22.4 Å². The molecule has 0 saturated heterocycles. The maximum Gasteiger partial charge on any atom is 0.122 e. The molecule has 2 rings (SSSR count). The first-order valence-corrected chi connectivity index (χ1v) is 10.6. The summed E-state index contributed by atoms with van der Waals surface area (Å²) < 4.78 is 11.9. The molecule has 2 nitrogen and oxygen atoms in total. The summed E-state index contributed by atoms with van der Waals surface area (Å²) in [4.78, 5) is 0. The minimum Gasteiger partial charge on any atom is -0.494 e. The van der Waals surface area contributed by atoms with Gasteiger partial charge < -0.3 is 9.47 Å². The molecule has 0 spiro atoms. The van der Waals surface area contributed by atoms with Crippen LogP contribution in [0.3, 0.4) is 0 Å². The summed E-state index contributed by atoms with van der Waals surface area (Å²) in [7, 11) is 0. The molecule has 0 aliphatic carbocycles. The van der Waals surface area contributed by atoms with Gasteiger partial charge in [0, 0.05) is 5.88 Å². The normalized spacial score (nSPS) is 11.0. The van der Waals surface area contributed by atoms with Crippen molar-refractivity contribution in [3.05, 3.63) is 35.9 Å². The topological polar surface area (TPSA) is 18.5 Å². The van der Waals surface area contributed by atoms with E-state index in [1.54, 1.807) is 0 Å². The second-order valence-corrected chi connectivity index (χ2v) is 7.31. The van der Waals surface area contributed by atoms with Crippen LogP contribution in [0.1, 0.15) is 63.9 Å². The van der Waals surface area contributed by atoms with Gasteiger partial charge in [-0.25, -0.2) is 0 Å². The van der Waals surface area contributed by atoms with Crippen LogP contribution in [0.2, 0.25) is 0 Å². The van der Waals surface area contributed by atoms with Gasteiger partial charge in [0.1, 0.15) is 11.5 Å². The average molecular weight is 377 g/mol. The molecular weight excluding hydrogens is 344 g/mol. The van der Waals surface area contributed by atoms with Crippen LogP contribution in [0.5, 0.6) is 11.5 Å². The molecule has 2 aromatic rings. The molecule has 0 N–H and O–H groups in total. The second kappa shape index (κ2) is 12.1. The standard InChI is InChI=1S/C23H33ClO2/c1-3-4-5-6-9-16-25-21-12-13-22-19(2)23(14-11-20(22)18-21)26-17-10-7-8-15-24/h11-14,18H,3-10,15-17H2,1-2H3. The van der Waals surface area contributed by atoms with Crippen molar-refractivity contribution in [2.45, 2.75) is 65.2 Å².